The Morgan fingerprint density at radius 2 is 1.79 bits per heavy atom. The van der Waals surface area contributed by atoms with E-state index in [1.165, 1.54) is 5.57 Å². The minimum atomic E-state index is -3.35. The van der Waals surface area contributed by atoms with Crippen LogP contribution in [0.2, 0.25) is 0 Å². The molecule has 82 valence electrons. The van der Waals surface area contributed by atoms with Crippen LogP contribution in [0.15, 0.2) is 23.3 Å². The van der Waals surface area contributed by atoms with E-state index >= 15 is 0 Å². The summed E-state index contributed by atoms with van der Waals surface area (Å²) in [5, 5.41) is 4.88. The smallest absolute Gasteiger partial charge is 0.212 e. The number of hydrogen-bond donors (Lipinski definition) is 1. The first-order valence-electron chi connectivity index (χ1n) is 4.61. The Bertz CT molecular complexity index is 322. The Kier molecular flexibility index (Phi) is 5.72. The quantitative estimate of drug-likeness (QED) is 0.716. The van der Waals surface area contributed by atoms with Crippen LogP contribution in [-0.2, 0) is 10.0 Å². The molecule has 0 aliphatic heterocycles. The Morgan fingerprint density at radius 3 is 2.21 bits per heavy atom. The summed E-state index contributed by atoms with van der Waals surface area (Å²) < 4.78 is 21.3. The zero-order valence-electron chi connectivity index (χ0n) is 9.08. The lowest BCUT2D eigenvalue weighted by molar-refractivity contribution is 0.600. The van der Waals surface area contributed by atoms with E-state index < -0.39 is 10.0 Å². The van der Waals surface area contributed by atoms with Crippen LogP contribution < -0.4 is 5.14 Å². The van der Waals surface area contributed by atoms with Crippen LogP contribution in [0.1, 0.15) is 33.6 Å². The van der Waals surface area contributed by atoms with Crippen molar-refractivity contribution in [1.82, 2.24) is 0 Å². The van der Waals surface area contributed by atoms with E-state index in [1.54, 1.807) is 6.08 Å². The van der Waals surface area contributed by atoms with Crippen LogP contribution >= 0.6 is 0 Å². The second kappa shape index (κ2) is 5.98. The highest BCUT2D eigenvalue weighted by atomic mass is 32.2. The van der Waals surface area contributed by atoms with Crippen molar-refractivity contribution in [2.24, 2.45) is 5.14 Å². The van der Waals surface area contributed by atoms with Crippen molar-refractivity contribution in [1.29, 1.82) is 0 Å². The molecule has 0 radical (unpaired) electrons. The molecule has 0 aliphatic carbocycles. The molecule has 0 aromatic heterocycles. The number of sulfonamides is 1. The van der Waals surface area contributed by atoms with Gasteiger partial charge in [0.1, 0.15) is 0 Å². The lowest BCUT2D eigenvalue weighted by atomic mass is 10.1. The van der Waals surface area contributed by atoms with Gasteiger partial charge in [0.2, 0.25) is 10.0 Å². The molecular formula is C10H19NO2S. The fourth-order valence-electron chi connectivity index (χ4n) is 0.949. The van der Waals surface area contributed by atoms with E-state index in [-0.39, 0.29) is 5.75 Å². The van der Waals surface area contributed by atoms with Crippen molar-refractivity contribution < 1.29 is 8.42 Å². The van der Waals surface area contributed by atoms with Crippen molar-refractivity contribution >= 4 is 10.0 Å². The summed E-state index contributed by atoms with van der Waals surface area (Å²) >= 11 is 0. The van der Waals surface area contributed by atoms with Crippen molar-refractivity contribution in [3.8, 4) is 0 Å². The third kappa shape index (κ3) is 9.48. The van der Waals surface area contributed by atoms with E-state index in [4.69, 9.17) is 5.14 Å². The van der Waals surface area contributed by atoms with E-state index in [0.717, 1.165) is 18.4 Å². The van der Waals surface area contributed by atoms with Gasteiger partial charge in [0.25, 0.3) is 0 Å². The maximum Gasteiger partial charge on any atom is 0.212 e. The minimum absolute atomic E-state index is 0.0619. The lowest BCUT2D eigenvalue weighted by Crippen LogP contribution is -2.14. The second-order valence-electron chi connectivity index (χ2n) is 3.70. The molecule has 0 unspecified atom stereocenters. The average Bonchev–Trinajstić information content (AvgIpc) is 1.99. The van der Waals surface area contributed by atoms with Crippen LogP contribution in [0.3, 0.4) is 0 Å². The van der Waals surface area contributed by atoms with E-state index in [9.17, 15) is 8.42 Å². The van der Waals surface area contributed by atoms with Gasteiger partial charge >= 0.3 is 0 Å². The lowest BCUT2D eigenvalue weighted by Gasteiger charge is -1.98. The monoisotopic (exact) mass is 217 g/mol. The zero-order valence-corrected chi connectivity index (χ0v) is 9.89. The summed E-state index contributed by atoms with van der Waals surface area (Å²) in [6.45, 7) is 6.01. The number of nitrogens with two attached hydrogens (primary N) is 1. The molecule has 14 heavy (non-hydrogen) atoms. The van der Waals surface area contributed by atoms with Gasteiger partial charge in [-0.25, -0.2) is 13.6 Å². The molecule has 0 aliphatic rings. The van der Waals surface area contributed by atoms with E-state index in [2.05, 4.69) is 6.08 Å². The van der Waals surface area contributed by atoms with Gasteiger partial charge in [-0.3, -0.25) is 0 Å². The van der Waals surface area contributed by atoms with Crippen molar-refractivity contribution in [2.45, 2.75) is 33.6 Å². The molecule has 0 heterocycles. The van der Waals surface area contributed by atoms with Crippen LogP contribution in [0.25, 0.3) is 0 Å². The Morgan fingerprint density at radius 1 is 1.21 bits per heavy atom. The molecule has 0 aromatic rings. The molecule has 4 heteroatoms. The predicted molar refractivity (Wildman–Crippen MR) is 60.4 cm³/mol. The third-order valence-corrected chi connectivity index (χ3v) is 2.39. The highest BCUT2D eigenvalue weighted by Gasteiger charge is 1.98. The van der Waals surface area contributed by atoms with Gasteiger partial charge in [0, 0.05) is 0 Å². The molecule has 3 nitrogen and oxygen atoms in total. The summed E-state index contributed by atoms with van der Waals surface area (Å²) in [6.07, 6.45) is 5.65. The van der Waals surface area contributed by atoms with Gasteiger partial charge in [-0.2, -0.15) is 0 Å². The predicted octanol–water partition coefficient (Wildman–Crippen LogP) is 1.97. The molecule has 2 N–H and O–H groups in total. The van der Waals surface area contributed by atoms with Crippen LogP contribution in [0.4, 0.5) is 0 Å². The SMILES string of the molecule is CC(C)=CCC/C(C)=C/CS(N)(=O)=O. The molecule has 0 rings (SSSR count). The third-order valence-electron chi connectivity index (χ3n) is 1.76. The highest BCUT2D eigenvalue weighted by molar-refractivity contribution is 7.89. The van der Waals surface area contributed by atoms with E-state index in [0.29, 0.717) is 0 Å². The van der Waals surface area contributed by atoms with Crippen molar-refractivity contribution in [2.75, 3.05) is 5.75 Å². The Hall–Kier alpha value is -0.610. The van der Waals surface area contributed by atoms with Crippen LogP contribution in [-0.4, -0.2) is 14.2 Å². The second-order valence-corrected chi connectivity index (χ2v) is 5.36. The van der Waals surface area contributed by atoms with Crippen molar-refractivity contribution in [3.05, 3.63) is 23.3 Å². The molecule has 0 amide bonds. The maximum atomic E-state index is 10.6. The first-order valence-corrected chi connectivity index (χ1v) is 6.32. The summed E-state index contributed by atoms with van der Waals surface area (Å²) in [5.74, 6) is -0.0619. The van der Waals surface area contributed by atoms with Gasteiger partial charge in [-0.05, 0) is 33.6 Å². The molecule has 0 bridgehead atoms. The Labute approximate surface area is 86.7 Å². The molecule has 0 fully saturated rings. The topological polar surface area (TPSA) is 60.2 Å². The first-order chi connectivity index (χ1) is 6.31. The fourth-order valence-corrected chi connectivity index (χ4v) is 1.47. The number of rotatable bonds is 5. The molecule has 0 saturated carbocycles. The van der Waals surface area contributed by atoms with E-state index in [1.807, 2.05) is 20.8 Å². The molecule has 0 aromatic carbocycles. The molecule has 0 atom stereocenters. The van der Waals surface area contributed by atoms with Crippen LogP contribution in [0, 0.1) is 0 Å². The number of hydrogen-bond acceptors (Lipinski definition) is 2. The summed E-state index contributed by atoms with van der Waals surface area (Å²) in [6, 6.07) is 0. The zero-order chi connectivity index (χ0) is 11.2. The highest BCUT2D eigenvalue weighted by Crippen LogP contribution is 2.06. The summed E-state index contributed by atoms with van der Waals surface area (Å²) in [5.41, 5.74) is 2.35. The largest absolute Gasteiger partial charge is 0.228 e. The van der Waals surface area contributed by atoms with Gasteiger partial charge in [0.15, 0.2) is 0 Å². The van der Waals surface area contributed by atoms with Crippen LogP contribution in [0.5, 0.6) is 0 Å². The van der Waals surface area contributed by atoms with Gasteiger partial charge in [0.05, 0.1) is 5.75 Å². The number of primary sulfonamides is 1. The first kappa shape index (κ1) is 13.4. The van der Waals surface area contributed by atoms with Gasteiger partial charge in [-0.15, -0.1) is 0 Å². The summed E-state index contributed by atoms with van der Waals surface area (Å²) in [7, 11) is -3.35. The molecular weight excluding hydrogens is 198 g/mol. The molecule has 0 saturated heterocycles. The van der Waals surface area contributed by atoms with Crippen molar-refractivity contribution in [3.63, 3.8) is 0 Å². The van der Waals surface area contributed by atoms with Gasteiger partial charge < -0.3 is 0 Å². The van der Waals surface area contributed by atoms with Gasteiger partial charge in [-0.1, -0.05) is 23.3 Å². The fraction of sp³-hybridized carbons (Fsp3) is 0.600. The number of allylic oxidation sites excluding steroid dienone is 3. The normalized spacial score (nSPS) is 12.7. The molecule has 0 spiro atoms. The summed E-state index contributed by atoms with van der Waals surface area (Å²) in [4.78, 5) is 0. The minimum Gasteiger partial charge on any atom is -0.228 e. The maximum absolute atomic E-state index is 10.6. The Balaban J connectivity index is 3.97. The standard InChI is InChI=1S/C10H19NO2S/c1-9(2)5-4-6-10(3)7-8-14(11,12)13/h5,7H,4,6,8H2,1-3H3,(H2,11,12,13)/b10-7+. The average molecular weight is 217 g/mol.